The van der Waals surface area contributed by atoms with Gasteiger partial charge in [-0.1, -0.05) is 37.6 Å². The van der Waals surface area contributed by atoms with Gasteiger partial charge in [-0.05, 0) is 173 Å². The van der Waals surface area contributed by atoms with E-state index < -0.39 is 35.2 Å². The molecule has 5 heterocycles. The number of carbonyl (C=O) groups excluding carboxylic acids is 2. The molecule has 2 aliphatic heterocycles. The number of halogens is 2. The van der Waals surface area contributed by atoms with Gasteiger partial charge in [0, 0.05) is 79.3 Å². The number of hydrogen-bond donors (Lipinski definition) is 1. The Morgan fingerprint density at radius 2 is 1.74 bits per heavy atom. The van der Waals surface area contributed by atoms with Crippen LogP contribution < -0.4 is 11.0 Å². The van der Waals surface area contributed by atoms with Gasteiger partial charge < -0.3 is 18.9 Å². The molecule has 11 rings (SSSR count). The number of hydrogen-bond acceptors (Lipinski definition) is 8. The van der Waals surface area contributed by atoms with Crippen molar-refractivity contribution in [2.45, 2.75) is 116 Å². The highest BCUT2D eigenvalue weighted by Crippen LogP contribution is 2.57. The second-order valence-electron chi connectivity index (χ2n) is 21.1. The first-order valence-electron chi connectivity index (χ1n) is 25.6. The Labute approximate surface area is 424 Å². The van der Waals surface area contributed by atoms with Crippen LogP contribution >= 0.6 is 11.6 Å². The van der Waals surface area contributed by atoms with E-state index in [9.17, 15) is 9.59 Å². The molecule has 0 spiro atoms. The second-order valence-corrected chi connectivity index (χ2v) is 21.5. The Balaban J connectivity index is 0.990. The molecule has 3 aromatic carbocycles. The zero-order valence-corrected chi connectivity index (χ0v) is 42.9. The molecule has 1 saturated carbocycles. The first kappa shape index (κ1) is 48.3. The first-order valence-corrected chi connectivity index (χ1v) is 26.0. The summed E-state index contributed by atoms with van der Waals surface area (Å²) >= 11 is 6.72. The number of nitrogens with zero attached hydrogens (tertiary/aromatic N) is 6. The third kappa shape index (κ3) is 8.10. The average molecular weight is 997 g/mol. The van der Waals surface area contributed by atoms with E-state index in [4.69, 9.17) is 31.0 Å². The maximum absolute atomic E-state index is 16.9. The highest BCUT2D eigenvalue weighted by molar-refractivity contribution is 6.32. The van der Waals surface area contributed by atoms with Crippen LogP contribution in [0.15, 0.2) is 77.0 Å². The normalized spacial score (nSPS) is 24.5. The Bertz CT molecular complexity index is 3270. The van der Waals surface area contributed by atoms with Crippen molar-refractivity contribution in [3.8, 4) is 17.2 Å². The van der Waals surface area contributed by atoms with Crippen LogP contribution in [-0.4, -0.2) is 80.6 Å². The molecule has 3 aliphatic carbocycles. The number of aryl methyl sites for hydroxylation is 4. The quantitative estimate of drug-likeness (QED) is 0.0772. The van der Waals surface area contributed by atoms with Gasteiger partial charge in [0.2, 0.25) is 0 Å². The monoisotopic (exact) mass is 995 g/mol. The molecule has 0 bridgehead atoms. The molecule has 1 amide bonds. The number of aromatic nitrogens is 5. The number of ether oxygens (including phenoxy) is 2. The second kappa shape index (κ2) is 18.8. The van der Waals surface area contributed by atoms with Gasteiger partial charge in [0.25, 0.3) is 0 Å². The number of Topliss-reactive ketones (excluding diaryl/α,β-unsaturated/α-hetero) is 1. The van der Waals surface area contributed by atoms with Gasteiger partial charge in [-0.25, -0.2) is 18.7 Å². The summed E-state index contributed by atoms with van der Waals surface area (Å²) in [6, 6.07) is 16.2. The van der Waals surface area contributed by atoms with Crippen molar-refractivity contribution in [1.82, 2.24) is 33.9 Å². The lowest BCUT2D eigenvalue weighted by atomic mass is 9.87. The molecule has 6 atom stereocenters. The number of methoxy groups -OCH3 is 1. The smallest absolute Gasteiger partial charge is 0.385 e. The molecular weight excluding hydrogens is 933 g/mol. The molecule has 1 N–H and O–H groups in total. The molecule has 72 heavy (non-hydrogen) atoms. The zero-order chi connectivity index (χ0) is 50.3. The highest BCUT2D eigenvalue weighted by atomic mass is 35.5. The molecular formula is C57H63ClFN7O6. The number of imidazole rings is 1. The number of benzene rings is 3. The van der Waals surface area contributed by atoms with E-state index in [2.05, 4.69) is 53.7 Å². The topological polar surface area (TPSA) is 127 Å². The van der Waals surface area contributed by atoms with E-state index >= 15 is 9.18 Å². The predicted octanol–water partition coefficient (Wildman–Crippen LogP) is 10.8. The number of fused-ring (bicyclic) bond motifs is 3. The molecule has 0 radical (unpaired) electrons. The highest BCUT2D eigenvalue weighted by Gasteiger charge is 2.64. The predicted molar refractivity (Wildman–Crippen MR) is 275 cm³/mol. The maximum atomic E-state index is 16.9. The van der Waals surface area contributed by atoms with Crippen LogP contribution in [0.25, 0.3) is 34.2 Å². The summed E-state index contributed by atoms with van der Waals surface area (Å²) < 4.78 is 34.9. The summed E-state index contributed by atoms with van der Waals surface area (Å²) in [5.41, 5.74) is 11.7. The molecule has 2 saturated heterocycles. The van der Waals surface area contributed by atoms with Crippen LogP contribution in [0.2, 0.25) is 5.02 Å². The van der Waals surface area contributed by atoms with Gasteiger partial charge in [-0.2, -0.15) is 5.10 Å². The van der Waals surface area contributed by atoms with Crippen LogP contribution in [0, 0.1) is 37.4 Å². The van der Waals surface area contributed by atoms with Crippen molar-refractivity contribution in [2.75, 3.05) is 34.0 Å². The number of likely N-dealkylation sites (N-methyl/N-ethyl adjacent to an activating group) is 1. The number of ketones is 1. The Kier molecular flexibility index (Phi) is 12.6. The summed E-state index contributed by atoms with van der Waals surface area (Å²) in [7, 11) is 3.47. The number of hydroxylamine groups is 2. The van der Waals surface area contributed by atoms with Crippen LogP contribution in [-0.2, 0) is 32.7 Å². The lowest BCUT2D eigenvalue weighted by Gasteiger charge is -2.31. The summed E-state index contributed by atoms with van der Waals surface area (Å²) in [6.45, 7) is 12.3. The minimum Gasteiger partial charge on any atom is -0.385 e. The number of allylic oxidation sites excluding steroid dienone is 1. The fourth-order valence-electron chi connectivity index (χ4n) is 12.7. The third-order valence-corrected chi connectivity index (χ3v) is 17.3. The maximum Gasteiger partial charge on any atom is 0.427 e. The van der Waals surface area contributed by atoms with Crippen molar-refractivity contribution in [1.29, 1.82) is 0 Å². The van der Waals surface area contributed by atoms with Crippen molar-refractivity contribution in [2.24, 2.45) is 17.8 Å². The van der Waals surface area contributed by atoms with Crippen LogP contribution in [0.3, 0.4) is 0 Å². The third-order valence-electron chi connectivity index (χ3n) is 16.7. The average Bonchev–Trinajstić information content (AvgIpc) is 3.72. The van der Waals surface area contributed by atoms with Gasteiger partial charge in [-0.3, -0.25) is 19.2 Å². The van der Waals surface area contributed by atoms with E-state index in [0.717, 1.165) is 95.4 Å². The SMILES string of the molecule is COCCC1CCc2ccc(-n3ccn(-c4c5c(nn4-c4cc(C)c(Cl)c(C)c4)CCC(C(=O)c4cc6cc(C7CCOCC7)ccc6n4[C@@]4(C6NC(=O)ON6C)C[C@@H]4C)C[C@H]5C)c3=O)c(F)c2C=C=C1C. The van der Waals surface area contributed by atoms with Gasteiger partial charge in [0.1, 0.15) is 12.0 Å². The largest absolute Gasteiger partial charge is 0.427 e. The number of rotatable bonds is 11. The molecule has 6 aromatic rings. The van der Waals surface area contributed by atoms with Crippen molar-refractivity contribution in [3.05, 3.63) is 138 Å². The molecule has 5 aliphatic rings. The minimum absolute atomic E-state index is 0.0304. The molecule has 3 unspecified atom stereocenters. The summed E-state index contributed by atoms with van der Waals surface area (Å²) in [6.07, 6.45) is 10.6. The summed E-state index contributed by atoms with van der Waals surface area (Å²) in [5.74, 6) is 0.250. The zero-order valence-electron chi connectivity index (χ0n) is 42.2. The Morgan fingerprint density at radius 1 is 0.986 bits per heavy atom. The number of amides is 1. The summed E-state index contributed by atoms with van der Waals surface area (Å²) in [5, 5.41) is 11.6. The Morgan fingerprint density at radius 3 is 2.44 bits per heavy atom. The Hall–Kier alpha value is -6.02. The van der Waals surface area contributed by atoms with E-state index in [-0.39, 0.29) is 29.2 Å². The number of nitrogens with one attached hydrogen (secondary N) is 1. The van der Waals surface area contributed by atoms with E-state index in [1.54, 1.807) is 48.3 Å². The molecule has 15 heteroatoms. The molecule has 376 valence electrons. The summed E-state index contributed by atoms with van der Waals surface area (Å²) in [4.78, 5) is 48.8. The van der Waals surface area contributed by atoms with Crippen LogP contribution in [0.1, 0.15) is 127 Å². The van der Waals surface area contributed by atoms with Crippen molar-refractivity contribution < 1.29 is 28.3 Å². The molecule has 13 nitrogen and oxygen atoms in total. The fourth-order valence-corrected chi connectivity index (χ4v) is 12.8. The van der Waals surface area contributed by atoms with Crippen LogP contribution in [0.5, 0.6) is 0 Å². The first-order chi connectivity index (χ1) is 34.7. The van der Waals surface area contributed by atoms with Gasteiger partial charge in [-0.15, -0.1) is 10.8 Å². The molecule has 3 fully saturated rings. The standard InChI is InChI=1S/C57H63ClFN7O6/c1-32-8-14-44-39(10-9-37(32)18-23-70-7)12-17-47(51(44)59)63-21-22-64(56(63)69)53-49-33(2)26-41(11-15-45(49)61-66(53)43-27-34(3)50(58)35(4)28-43)52(67)48-30-42-29-40(38-19-24-71-25-20-38)13-16-46(42)65(48)57(31-36(57)5)54-60-55(68)72-62(54)6/h12-14,16-17,21-22,27-30,33,36-38,41,54H,9-11,15,18-20,23-26,31H2,1-7H3,(H,60,68)/t8?,33-,36+,37?,41?,54?,57+/m1/s1. The van der Waals surface area contributed by atoms with E-state index in [1.807, 2.05) is 43.7 Å². The minimum atomic E-state index is -0.626. The number of carbonyl (C=O) groups is 2. The van der Waals surface area contributed by atoms with Gasteiger partial charge >= 0.3 is 11.8 Å². The van der Waals surface area contributed by atoms with Crippen molar-refractivity contribution >= 4 is 40.5 Å². The fraction of sp³-hybridized carbons (Fsp3) is 0.456. The molecule has 3 aromatic heterocycles. The van der Waals surface area contributed by atoms with Gasteiger partial charge in [0.05, 0.1) is 28.3 Å². The van der Waals surface area contributed by atoms with E-state index in [0.29, 0.717) is 60.3 Å². The van der Waals surface area contributed by atoms with Crippen molar-refractivity contribution in [3.63, 3.8) is 0 Å². The lowest BCUT2D eigenvalue weighted by molar-refractivity contribution is -0.0839. The van der Waals surface area contributed by atoms with Gasteiger partial charge in [0.15, 0.2) is 11.6 Å². The van der Waals surface area contributed by atoms with E-state index in [1.165, 1.54) is 10.1 Å². The van der Waals surface area contributed by atoms with Crippen LogP contribution in [0.4, 0.5) is 9.18 Å². The lowest BCUT2D eigenvalue weighted by Crippen LogP contribution is -2.49.